The molecule has 0 aromatic carbocycles. The summed E-state index contributed by atoms with van der Waals surface area (Å²) in [6.45, 7) is 2.14. The lowest BCUT2D eigenvalue weighted by Gasteiger charge is -2.36. The molecule has 1 aliphatic heterocycles. The van der Waals surface area contributed by atoms with Gasteiger partial charge in [-0.15, -0.1) is 0 Å². The molecule has 1 saturated heterocycles. The molecule has 0 saturated carbocycles. The van der Waals surface area contributed by atoms with Gasteiger partial charge in [0.1, 0.15) is 6.04 Å². The van der Waals surface area contributed by atoms with Gasteiger partial charge in [0.15, 0.2) is 7.98 Å². The van der Waals surface area contributed by atoms with Crippen molar-refractivity contribution in [3.63, 3.8) is 0 Å². The van der Waals surface area contributed by atoms with E-state index >= 15 is 0 Å². The lowest BCUT2D eigenvalue weighted by molar-refractivity contribution is -0.147. The lowest BCUT2D eigenvalue weighted by Crippen LogP contribution is -2.54. The Bertz CT molecular complexity index is 177. The van der Waals surface area contributed by atoms with Gasteiger partial charge in [-0.2, -0.15) is 0 Å². The molecular formula is C7H13BN2O2. The number of ether oxygens (including phenoxy) is 1. The van der Waals surface area contributed by atoms with Gasteiger partial charge in [-0.1, -0.05) is 0 Å². The molecule has 1 atom stereocenters. The summed E-state index contributed by atoms with van der Waals surface area (Å²) in [5, 5.41) is 0. The van der Waals surface area contributed by atoms with Gasteiger partial charge in [-0.3, -0.25) is 9.69 Å². The fourth-order valence-electron chi connectivity index (χ4n) is 1.29. The molecule has 0 aromatic rings. The number of hydrogen-bond acceptors (Lipinski definition) is 4. The molecule has 1 rings (SSSR count). The Morgan fingerprint density at radius 1 is 1.58 bits per heavy atom. The van der Waals surface area contributed by atoms with E-state index in [2.05, 4.69) is 4.74 Å². The monoisotopic (exact) mass is 168 g/mol. The van der Waals surface area contributed by atoms with E-state index < -0.39 is 0 Å². The highest BCUT2D eigenvalue weighted by Crippen LogP contribution is 2.06. The molecule has 5 heteroatoms. The van der Waals surface area contributed by atoms with Crippen LogP contribution in [0.15, 0.2) is 0 Å². The van der Waals surface area contributed by atoms with Gasteiger partial charge in [-0.25, -0.2) is 0 Å². The minimum atomic E-state index is -0.215. The molecule has 0 amide bonds. The summed E-state index contributed by atoms with van der Waals surface area (Å²) in [4.78, 5) is 14.8. The molecule has 66 valence electrons. The molecule has 1 fully saturated rings. The van der Waals surface area contributed by atoms with Crippen molar-refractivity contribution in [1.29, 1.82) is 0 Å². The van der Waals surface area contributed by atoms with Crippen molar-refractivity contribution < 1.29 is 9.53 Å². The highest BCUT2D eigenvalue weighted by molar-refractivity contribution is 6.04. The van der Waals surface area contributed by atoms with Crippen LogP contribution in [0.4, 0.5) is 0 Å². The zero-order valence-corrected chi connectivity index (χ0v) is 7.49. The number of nitrogens with zero attached hydrogens (tertiary/aromatic N) is 2. The van der Waals surface area contributed by atoms with E-state index in [1.165, 1.54) is 7.11 Å². The van der Waals surface area contributed by atoms with Crippen molar-refractivity contribution in [1.82, 2.24) is 9.71 Å². The summed E-state index contributed by atoms with van der Waals surface area (Å²) >= 11 is 0. The van der Waals surface area contributed by atoms with Crippen LogP contribution in [-0.2, 0) is 9.53 Å². The second kappa shape index (κ2) is 3.91. The molecular weight excluding hydrogens is 155 g/mol. The summed E-state index contributed by atoms with van der Waals surface area (Å²) < 4.78 is 4.65. The van der Waals surface area contributed by atoms with Gasteiger partial charge in [0.05, 0.1) is 7.11 Å². The zero-order valence-electron chi connectivity index (χ0n) is 7.49. The molecule has 2 radical (unpaired) electrons. The SMILES string of the molecule is [B]N1CCN(C)C(C(=O)OC)C1. The number of carbonyl (C=O) groups is 1. The number of rotatable bonds is 1. The number of likely N-dealkylation sites (N-methyl/N-ethyl adjacent to an activating group) is 1. The Morgan fingerprint density at radius 3 is 2.83 bits per heavy atom. The van der Waals surface area contributed by atoms with Crippen LogP contribution in [0.3, 0.4) is 0 Å². The summed E-state index contributed by atoms with van der Waals surface area (Å²) in [6.07, 6.45) is 0. The molecule has 1 aliphatic rings. The first-order chi connectivity index (χ1) is 5.65. The minimum Gasteiger partial charge on any atom is -0.468 e. The van der Waals surface area contributed by atoms with Crippen LogP contribution in [0.5, 0.6) is 0 Å². The van der Waals surface area contributed by atoms with Crippen LogP contribution in [-0.4, -0.2) is 63.5 Å². The van der Waals surface area contributed by atoms with Crippen LogP contribution < -0.4 is 0 Å². The molecule has 12 heavy (non-hydrogen) atoms. The Hall–Kier alpha value is -0.545. The predicted molar refractivity (Wildman–Crippen MR) is 45.8 cm³/mol. The smallest absolute Gasteiger partial charge is 0.324 e. The Balaban J connectivity index is 2.54. The lowest BCUT2D eigenvalue weighted by atomic mass is 10.1. The first kappa shape index (κ1) is 9.54. The van der Waals surface area contributed by atoms with Crippen molar-refractivity contribution in [2.45, 2.75) is 6.04 Å². The third-order valence-electron chi connectivity index (χ3n) is 2.15. The van der Waals surface area contributed by atoms with Crippen molar-refractivity contribution in [3.05, 3.63) is 0 Å². The third-order valence-corrected chi connectivity index (χ3v) is 2.15. The van der Waals surface area contributed by atoms with Gasteiger partial charge in [0, 0.05) is 13.1 Å². The third kappa shape index (κ3) is 1.98. The van der Waals surface area contributed by atoms with E-state index in [4.69, 9.17) is 7.98 Å². The number of esters is 1. The van der Waals surface area contributed by atoms with Crippen molar-refractivity contribution in [2.75, 3.05) is 33.8 Å². The predicted octanol–water partition coefficient (Wildman–Crippen LogP) is -1.14. The molecule has 0 bridgehead atoms. The van der Waals surface area contributed by atoms with Gasteiger partial charge in [0.2, 0.25) is 0 Å². The van der Waals surface area contributed by atoms with E-state index in [0.717, 1.165) is 13.1 Å². The minimum absolute atomic E-state index is 0.214. The highest BCUT2D eigenvalue weighted by atomic mass is 16.5. The number of hydrogen-bond donors (Lipinski definition) is 0. The van der Waals surface area contributed by atoms with Crippen molar-refractivity contribution >= 4 is 14.0 Å². The molecule has 1 heterocycles. The van der Waals surface area contributed by atoms with Crippen LogP contribution in [0.2, 0.25) is 0 Å². The van der Waals surface area contributed by atoms with Crippen LogP contribution in [0, 0.1) is 0 Å². The van der Waals surface area contributed by atoms with E-state index in [9.17, 15) is 4.79 Å². The van der Waals surface area contributed by atoms with E-state index in [1.807, 2.05) is 11.9 Å². The quantitative estimate of drug-likeness (QED) is 0.366. The normalized spacial score (nSPS) is 27.0. The Morgan fingerprint density at radius 2 is 2.25 bits per heavy atom. The molecule has 0 N–H and O–H groups in total. The summed E-state index contributed by atoms with van der Waals surface area (Å²) in [7, 11) is 8.87. The molecule has 0 spiro atoms. The average Bonchev–Trinajstić information content (AvgIpc) is 2.08. The molecule has 1 unspecified atom stereocenters. The van der Waals surface area contributed by atoms with Crippen molar-refractivity contribution in [3.8, 4) is 0 Å². The van der Waals surface area contributed by atoms with E-state index in [0.29, 0.717) is 6.54 Å². The van der Waals surface area contributed by atoms with Gasteiger partial charge >= 0.3 is 5.97 Å². The summed E-state index contributed by atoms with van der Waals surface area (Å²) in [5.74, 6) is -0.215. The number of methoxy groups -OCH3 is 1. The van der Waals surface area contributed by atoms with Gasteiger partial charge in [0.25, 0.3) is 0 Å². The topological polar surface area (TPSA) is 32.8 Å². The summed E-state index contributed by atoms with van der Waals surface area (Å²) in [6, 6.07) is -0.214. The standard InChI is InChI=1S/C7H13BN2O2/c1-9-3-4-10(8)5-6(9)7(11)12-2/h6H,3-5H2,1-2H3. The molecule has 4 nitrogen and oxygen atoms in total. The van der Waals surface area contributed by atoms with Crippen LogP contribution >= 0.6 is 0 Å². The average molecular weight is 168 g/mol. The van der Waals surface area contributed by atoms with Gasteiger partial charge < -0.3 is 9.55 Å². The Labute approximate surface area is 73.9 Å². The van der Waals surface area contributed by atoms with Crippen LogP contribution in [0.25, 0.3) is 0 Å². The second-order valence-corrected chi connectivity index (χ2v) is 3.01. The largest absolute Gasteiger partial charge is 0.468 e. The first-order valence-corrected chi connectivity index (χ1v) is 3.93. The molecule has 0 aromatic heterocycles. The first-order valence-electron chi connectivity index (χ1n) is 3.93. The maximum Gasteiger partial charge on any atom is 0.324 e. The number of piperazine rings is 1. The van der Waals surface area contributed by atoms with E-state index in [-0.39, 0.29) is 12.0 Å². The fourth-order valence-corrected chi connectivity index (χ4v) is 1.29. The van der Waals surface area contributed by atoms with Gasteiger partial charge in [-0.05, 0) is 13.6 Å². The highest BCUT2D eigenvalue weighted by Gasteiger charge is 2.28. The fraction of sp³-hybridized carbons (Fsp3) is 0.857. The van der Waals surface area contributed by atoms with Crippen LogP contribution in [0.1, 0.15) is 0 Å². The maximum atomic E-state index is 11.2. The second-order valence-electron chi connectivity index (χ2n) is 3.01. The zero-order chi connectivity index (χ0) is 9.14. The number of carbonyl (C=O) groups excluding carboxylic acids is 1. The summed E-state index contributed by atoms with van der Waals surface area (Å²) in [5.41, 5.74) is 0. The van der Waals surface area contributed by atoms with Crippen molar-refractivity contribution in [2.24, 2.45) is 0 Å². The molecule has 0 aliphatic carbocycles. The Kier molecular flexibility index (Phi) is 3.11. The van der Waals surface area contributed by atoms with E-state index in [1.54, 1.807) is 4.81 Å². The maximum absolute atomic E-state index is 11.2.